The summed E-state index contributed by atoms with van der Waals surface area (Å²) in [4.78, 5) is 7.54. The van der Waals surface area contributed by atoms with Gasteiger partial charge in [0.2, 0.25) is 0 Å². The molecule has 5 rings (SSSR count). The smallest absolute Gasteiger partial charge is 0.106 e. The number of fused-ring (bicyclic) bond motifs is 3. The maximum atomic E-state index is 4.95. The van der Waals surface area contributed by atoms with Crippen LogP contribution in [0.3, 0.4) is 0 Å². The Balaban J connectivity index is 1.39. The highest BCUT2D eigenvalue weighted by Crippen LogP contribution is 2.37. The van der Waals surface area contributed by atoms with Crippen molar-refractivity contribution in [2.45, 2.75) is 70.2 Å². The molecule has 0 spiro atoms. The van der Waals surface area contributed by atoms with Crippen molar-refractivity contribution in [3.8, 4) is 0 Å². The van der Waals surface area contributed by atoms with Crippen LogP contribution < -0.4 is 5.32 Å². The number of piperidine rings is 1. The second-order valence-electron chi connectivity index (χ2n) is 8.13. The first-order valence-electron chi connectivity index (χ1n) is 9.85. The number of rotatable bonds is 3. The molecule has 2 bridgehead atoms. The summed E-state index contributed by atoms with van der Waals surface area (Å²) in [6.07, 6.45) is 6.36. The van der Waals surface area contributed by atoms with Crippen LogP contribution in [-0.2, 0) is 19.5 Å². The first-order valence-corrected chi connectivity index (χ1v) is 9.85. The number of hydrogen-bond acceptors (Lipinski definition) is 3. The third-order valence-electron chi connectivity index (χ3n) is 6.37. The molecule has 4 nitrogen and oxygen atoms in total. The van der Waals surface area contributed by atoms with Crippen molar-refractivity contribution in [2.24, 2.45) is 0 Å². The van der Waals surface area contributed by atoms with Gasteiger partial charge in [0.25, 0.3) is 0 Å². The highest BCUT2D eigenvalue weighted by molar-refractivity contribution is 5.23. The molecule has 2 saturated heterocycles. The number of nitrogens with one attached hydrogen (secondary N) is 1. The molecule has 1 N–H and O–H groups in total. The molecule has 0 saturated carbocycles. The largest absolute Gasteiger partial charge is 0.328 e. The highest BCUT2D eigenvalue weighted by Gasteiger charge is 2.36. The Labute approximate surface area is 150 Å². The van der Waals surface area contributed by atoms with E-state index in [1.165, 1.54) is 48.5 Å². The van der Waals surface area contributed by atoms with Crippen molar-refractivity contribution >= 4 is 0 Å². The summed E-state index contributed by atoms with van der Waals surface area (Å²) >= 11 is 0. The summed E-state index contributed by atoms with van der Waals surface area (Å²) in [5, 5.41) is 3.78. The van der Waals surface area contributed by atoms with Gasteiger partial charge in [0.15, 0.2) is 0 Å². The van der Waals surface area contributed by atoms with E-state index in [4.69, 9.17) is 4.98 Å². The molecular weight excluding hydrogens is 308 g/mol. The van der Waals surface area contributed by atoms with Crippen molar-refractivity contribution < 1.29 is 0 Å². The fraction of sp³-hybridized carbons (Fsp3) is 0.571. The molecule has 25 heavy (non-hydrogen) atoms. The Kier molecular flexibility index (Phi) is 3.90. The van der Waals surface area contributed by atoms with Crippen LogP contribution in [0, 0.1) is 6.92 Å². The second kappa shape index (κ2) is 6.26. The SMILES string of the molecule is Cc1nc2c(n1C1CC3CCC(C1)N3)CN(Cc1ccccc1)CC2. The van der Waals surface area contributed by atoms with Crippen molar-refractivity contribution in [3.05, 3.63) is 53.1 Å². The molecule has 2 unspecified atom stereocenters. The van der Waals surface area contributed by atoms with Crippen molar-refractivity contribution in [2.75, 3.05) is 6.54 Å². The number of nitrogens with zero attached hydrogens (tertiary/aromatic N) is 3. The normalized spacial score (nSPS) is 28.9. The van der Waals surface area contributed by atoms with Gasteiger partial charge in [-0.3, -0.25) is 4.90 Å². The molecule has 4 heterocycles. The van der Waals surface area contributed by atoms with Gasteiger partial charge in [0.05, 0.1) is 11.4 Å². The average molecular weight is 336 g/mol. The lowest BCUT2D eigenvalue weighted by Gasteiger charge is -2.34. The van der Waals surface area contributed by atoms with E-state index in [0.717, 1.165) is 38.1 Å². The summed E-state index contributed by atoms with van der Waals surface area (Å²) in [7, 11) is 0. The summed E-state index contributed by atoms with van der Waals surface area (Å²) in [6, 6.07) is 13.0. The Bertz CT molecular complexity index is 739. The zero-order valence-electron chi connectivity index (χ0n) is 15.1. The minimum atomic E-state index is 0.645. The zero-order valence-corrected chi connectivity index (χ0v) is 15.1. The first-order chi connectivity index (χ1) is 12.3. The minimum Gasteiger partial charge on any atom is -0.328 e. The standard InChI is InChI=1S/C21H28N4/c1-15-22-20-9-10-24(13-16-5-3-2-4-6-16)14-21(20)25(15)19-11-17-7-8-18(12-19)23-17/h2-6,17-19,23H,7-14H2,1H3. The predicted octanol–water partition coefficient (Wildman–Crippen LogP) is 3.21. The van der Waals surface area contributed by atoms with E-state index in [9.17, 15) is 0 Å². The van der Waals surface area contributed by atoms with Gasteiger partial charge < -0.3 is 9.88 Å². The Morgan fingerprint density at radius 1 is 1.12 bits per heavy atom. The molecule has 2 aromatic rings. The number of aryl methyl sites for hydroxylation is 1. The second-order valence-corrected chi connectivity index (χ2v) is 8.13. The molecule has 4 heteroatoms. The van der Waals surface area contributed by atoms with Crippen LogP contribution in [0.2, 0.25) is 0 Å². The molecule has 0 aliphatic carbocycles. The molecule has 3 aliphatic rings. The molecule has 2 fully saturated rings. The minimum absolute atomic E-state index is 0.645. The fourth-order valence-corrected chi connectivity index (χ4v) is 5.27. The summed E-state index contributed by atoms with van der Waals surface area (Å²) in [5.74, 6) is 1.23. The van der Waals surface area contributed by atoms with Gasteiger partial charge in [0, 0.05) is 44.2 Å². The highest BCUT2D eigenvalue weighted by atomic mass is 15.2. The van der Waals surface area contributed by atoms with Crippen molar-refractivity contribution in [1.82, 2.24) is 19.8 Å². The Morgan fingerprint density at radius 3 is 2.64 bits per heavy atom. The third kappa shape index (κ3) is 2.91. The van der Waals surface area contributed by atoms with E-state index in [0.29, 0.717) is 6.04 Å². The maximum absolute atomic E-state index is 4.95. The molecule has 132 valence electrons. The summed E-state index contributed by atoms with van der Waals surface area (Å²) < 4.78 is 2.61. The molecule has 1 aromatic heterocycles. The van der Waals surface area contributed by atoms with Crippen LogP contribution in [0.1, 0.15) is 54.5 Å². The van der Waals surface area contributed by atoms with Crippen LogP contribution in [0.15, 0.2) is 30.3 Å². The predicted molar refractivity (Wildman–Crippen MR) is 99.4 cm³/mol. The van der Waals surface area contributed by atoms with Crippen LogP contribution in [0.4, 0.5) is 0 Å². The molecule has 3 aliphatic heterocycles. The van der Waals surface area contributed by atoms with Gasteiger partial charge in [-0.2, -0.15) is 0 Å². The van der Waals surface area contributed by atoms with E-state index < -0.39 is 0 Å². The molecule has 0 radical (unpaired) electrons. The number of imidazole rings is 1. The van der Waals surface area contributed by atoms with Crippen LogP contribution >= 0.6 is 0 Å². The van der Waals surface area contributed by atoms with Crippen molar-refractivity contribution in [1.29, 1.82) is 0 Å². The van der Waals surface area contributed by atoms with Crippen LogP contribution in [-0.4, -0.2) is 33.1 Å². The van der Waals surface area contributed by atoms with Crippen LogP contribution in [0.5, 0.6) is 0 Å². The summed E-state index contributed by atoms with van der Waals surface area (Å²) in [5.41, 5.74) is 4.26. The third-order valence-corrected chi connectivity index (χ3v) is 6.37. The number of benzene rings is 1. The van der Waals surface area contributed by atoms with Gasteiger partial charge in [-0.25, -0.2) is 4.98 Å². The molecule has 2 atom stereocenters. The maximum Gasteiger partial charge on any atom is 0.106 e. The van der Waals surface area contributed by atoms with Gasteiger partial charge in [-0.05, 0) is 38.2 Å². The van der Waals surface area contributed by atoms with Gasteiger partial charge in [-0.15, -0.1) is 0 Å². The van der Waals surface area contributed by atoms with Gasteiger partial charge >= 0.3 is 0 Å². The Hall–Kier alpha value is -1.65. The quantitative estimate of drug-likeness (QED) is 0.934. The lowest BCUT2D eigenvalue weighted by molar-refractivity contribution is 0.224. The van der Waals surface area contributed by atoms with E-state index in [2.05, 4.69) is 52.0 Å². The van der Waals surface area contributed by atoms with Crippen molar-refractivity contribution in [3.63, 3.8) is 0 Å². The topological polar surface area (TPSA) is 33.1 Å². The van der Waals surface area contributed by atoms with E-state index >= 15 is 0 Å². The van der Waals surface area contributed by atoms with E-state index in [1.54, 1.807) is 0 Å². The van der Waals surface area contributed by atoms with E-state index in [-0.39, 0.29) is 0 Å². The van der Waals surface area contributed by atoms with Crippen LogP contribution in [0.25, 0.3) is 0 Å². The number of aromatic nitrogens is 2. The lowest BCUT2D eigenvalue weighted by Crippen LogP contribution is -2.40. The monoisotopic (exact) mass is 336 g/mol. The Morgan fingerprint density at radius 2 is 1.88 bits per heavy atom. The first kappa shape index (κ1) is 15.6. The zero-order chi connectivity index (χ0) is 16.8. The van der Waals surface area contributed by atoms with E-state index in [1.807, 2.05) is 0 Å². The molecular formula is C21H28N4. The summed E-state index contributed by atoms with van der Waals surface area (Å²) in [6.45, 7) is 5.42. The van der Waals surface area contributed by atoms with Gasteiger partial charge in [-0.1, -0.05) is 30.3 Å². The van der Waals surface area contributed by atoms with Gasteiger partial charge in [0.1, 0.15) is 5.82 Å². The lowest BCUT2D eigenvalue weighted by atomic mass is 9.98. The average Bonchev–Trinajstić information content (AvgIpc) is 3.13. The molecule has 0 amide bonds. The fourth-order valence-electron chi connectivity index (χ4n) is 5.27. The molecule has 1 aromatic carbocycles. The number of hydrogen-bond donors (Lipinski definition) is 1.